The quantitative estimate of drug-likeness (QED) is 0.855. The maximum absolute atomic E-state index is 12.4. The smallest absolute Gasteiger partial charge is 0.225 e. The number of amides is 2. The number of carbonyl (C=O) groups excluding carboxylic acids is 2. The van der Waals surface area contributed by atoms with Crippen LogP contribution in [0.1, 0.15) is 51.4 Å². The summed E-state index contributed by atoms with van der Waals surface area (Å²) >= 11 is 0. The van der Waals surface area contributed by atoms with Gasteiger partial charge in [-0.2, -0.15) is 0 Å². The van der Waals surface area contributed by atoms with Gasteiger partial charge in [0.25, 0.3) is 0 Å². The van der Waals surface area contributed by atoms with Crippen LogP contribution in [0.25, 0.3) is 0 Å². The number of aliphatic hydroxyl groups is 1. The van der Waals surface area contributed by atoms with Crippen molar-refractivity contribution in [3.05, 3.63) is 0 Å². The summed E-state index contributed by atoms with van der Waals surface area (Å²) in [4.78, 5) is 28.8. The molecule has 23 heavy (non-hydrogen) atoms. The maximum Gasteiger partial charge on any atom is 0.225 e. The normalized spacial score (nSPS) is 33.7. The molecule has 4 rings (SSSR count). The summed E-state index contributed by atoms with van der Waals surface area (Å²) in [6, 6.07) is 0. The molecule has 0 aromatic carbocycles. The molecular formula is C18H28N2O3. The molecule has 2 aliphatic heterocycles. The zero-order valence-electron chi connectivity index (χ0n) is 13.9. The van der Waals surface area contributed by atoms with Gasteiger partial charge in [-0.15, -0.1) is 0 Å². The molecule has 0 radical (unpaired) electrons. The van der Waals surface area contributed by atoms with Crippen molar-refractivity contribution < 1.29 is 14.7 Å². The SMILES string of the molecule is O=C1CC2(CCN(C(=O)C3CC(O)C3)CC2)CN1CC1CCC1. The van der Waals surface area contributed by atoms with Crippen LogP contribution in [0.3, 0.4) is 0 Å². The number of carbonyl (C=O) groups is 2. The van der Waals surface area contributed by atoms with E-state index < -0.39 is 0 Å². The van der Waals surface area contributed by atoms with Crippen molar-refractivity contribution in [2.24, 2.45) is 17.3 Å². The van der Waals surface area contributed by atoms with Crippen molar-refractivity contribution in [3.8, 4) is 0 Å². The molecule has 0 atom stereocenters. The van der Waals surface area contributed by atoms with E-state index >= 15 is 0 Å². The molecule has 0 bridgehead atoms. The Kier molecular flexibility index (Phi) is 3.87. The van der Waals surface area contributed by atoms with E-state index in [4.69, 9.17) is 0 Å². The monoisotopic (exact) mass is 320 g/mol. The highest BCUT2D eigenvalue weighted by Gasteiger charge is 2.47. The summed E-state index contributed by atoms with van der Waals surface area (Å²) in [5, 5.41) is 9.37. The summed E-state index contributed by atoms with van der Waals surface area (Å²) in [5.41, 5.74) is 0.122. The molecule has 1 spiro atoms. The molecule has 2 saturated heterocycles. The van der Waals surface area contributed by atoms with Gasteiger partial charge < -0.3 is 14.9 Å². The highest BCUT2D eigenvalue weighted by molar-refractivity contribution is 5.81. The lowest BCUT2D eigenvalue weighted by molar-refractivity contribution is -0.144. The fourth-order valence-electron chi connectivity index (χ4n) is 4.72. The van der Waals surface area contributed by atoms with E-state index in [-0.39, 0.29) is 23.3 Å². The van der Waals surface area contributed by atoms with Crippen LogP contribution in [0.5, 0.6) is 0 Å². The molecule has 128 valence electrons. The average molecular weight is 320 g/mol. The summed E-state index contributed by atoms with van der Waals surface area (Å²) in [5.74, 6) is 1.33. The highest BCUT2D eigenvalue weighted by Crippen LogP contribution is 2.43. The Balaban J connectivity index is 1.30. The Morgan fingerprint density at radius 2 is 1.91 bits per heavy atom. The number of rotatable bonds is 3. The highest BCUT2D eigenvalue weighted by atomic mass is 16.3. The van der Waals surface area contributed by atoms with Gasteiger partial charge in [0.2, 0.25) is 11.8 Å². The second-order valence-electron chi connectivity index (χ2n) is 8.40. The lowest BCUT2D eigenvalue weighted by Crippen LogP contribution is -2.49. The molecule has 1 N–H and O–H groups in total. The minimum Gasteiger partial charge on any atom is -0.393 e. The first kappa shape index (κ1) is 15.4. The van der Waals surface area contributed by atoms with E-state index in [1.807, 2.05) is 4.90 Å². The Labute approximate surface area is 138 Å². The number of aliphatic hydroxyl groups excluding tert-OH is 1. The van der Waals surface area contributed by atoms with Crippen molar-refractivity contribution in [2.75, 3.05) is 26.2 Å². The van der Waals surface area contributed by atoms with Gasteiger partial charge in [-0.05, 0) is 44.4 Å². The number of hydrogen-bond acceptors (Lipinski definition) is 3. The van der Waals surface area contributed by atoms with Crippen LogP contribution >= 0.6 is 0 Å². The van der Waals surface area contributed by atoms with Gasteiger partial charge in [-0.25, -0.2) is 0 Å². The number of nitrogens with zero attached hydrogens (tertiary/aromatic N) is 2. The van der Waals surface area contributed by atoms with Crippen LogP contribution in [0.15, 0.2) is 0 Å². The van der Waals surface area contributed by atoms with Crippen molar-refractivity contribution in [2.45, 2.75) is 57.5 Å². The molecule has 2 aliphatic carbocycles. The molecule has 4 fully saturated rings. The molecule has 2 heterocycles. The zero-order valence-corrected chi connectivity index (χ0v) is 13.9. The topological polar surface area (TPSA) is 60.9 Å². The third-order valence-corrected chi connectivity index (χ3v) is 6.71. The van der Waals surface area contributed by atoms with E-state index in [0.29, 0.717) is 25.2 Å². The predicted octanol–water partition coefficient (Wildman–Crippen LogP) is 1.40. The van der Waals surface area contributed by atoms with Crippen LogP contribution in [0.2, 0.25) is 0 Å². The van der Waals surface area contributed by atoms with Gasteiger partial charge in [-0.1, -0.05) is 6.42 Å². The molecule has 5 heteroatoms. The first-order chi connectivity index (χ1) is 11.0. The van der Waals surface area contributed by atoms with E-state index in [9.17, 15) is 14.7 Å². The van der Waals surface area contributed by atoms with E-state index in [1.54, 1.807) is 0 Å². The lowest BCUT2D eigenvalue weighted by Gasteiger charge is -2.42. The van der Waals surface area contributed by atoms with Crippen LogP contribution in [-0.2, 0) is 9.59 Å². The molecule has 2 saturated carbocycles. The third-order valence-electron chi connectivity index (χ3n) is 6.71. The standard InChI is InChI=1S/C18H28N2O3/c21-15-8-14(9-15)17(23)19-6-4-18(5-7-19)10-16(22)20(12-18)11-13-2-1-3-13/h13-15,21H,1-12H2. The molecule has 0 aromatic heterocycles. The molecule has 2 amide bonds. The number of hydrogen-bond donors (Lipinski definition) is 1. The maximum atomic E-state index is 12.4. The Bertz CT molecular complexity index is 488. The Morgan fingerprint density at radius 3 is 2.48 bits per heavy atom. The summed E-state index contributed by atoms with van der Waals surface area (Å²) in [6.07, 6.45) is 7.49. The summed E-state index contributed by atoms with van der Waals surface area (Å²) < 4.78 is 0. The second kappa shape index (κ2) is 5.76. The van der Waals surface area contributed by atoms with Crippen LogP contribution in [0, 0.1) is 17.3 Å². The predicted molar refractivity (Wildman–Crippen MR) is 85.5 cm³/mol. The first-order valence-corrected chi connectivity index (χ1v) is 9.29. The van der Waals surface area contributed by atoms with E-state index in [1.165, 1.54) is 19.3 Å². The molecule has 4 aliphatic rings. The van der Waals surface area contributed by atoms with Gasteiger partial charge >= 0.3 is 0 Å². The van der Waals surface area contributed by atoms with Crippen molar-refractivity contribution in [3.63, 3.8) is 0 Å². The second-order valence-corrected chi connectivity index (χ2v) is 8.40. The molecule has 0 unspecified atom stereocenters. The summed E-state index contributed by atoms with van der Waals surface area (Å²) in [6.45, 7) is 3.45. The van der Waals surface area contributed by atoms with E-state index in [2.05, 4.69) is 4.90 Å². The molecule has 5 nitrogen and oxygen atoms in total. The van der Waals surface area contributed by atoms with Gasteiger partial charge in [0.15, 0.2) is 0 Å². The lowest BCUT2D eigenvalue weighted by atomic mass is 9.76. The zero-order chi connectivity index (χ0) is 16.0. The van der Waals surface area contributed by atoms with Crippen LogP contribution in [0.4, 0.5) is 0 Å². The van der Waals surface area contributed by atoms with E-state index in [0.717, 1.165) is 44.9 Å². The molecular weight excluding hydrogens is 292 g/mol. The van der Waals surface area contributed by atoms with Crippen molar-refractivity contribution in [1.29, 1.82) is 0 Å². The van der Waals surface area contributed by atoms with Crippen molar-refractivity contribution in [1.82, 2.24) is 9.80 Å². The van der Waals surface area contributed by atoms with Crippen molar-refractivity contribution >= 4 is 11.8 Å². The fraction of sp³-hybridized carbons (Fsp3) is 0.889. The molecule has 0 aromatic rings. The van der Waals surface area contributed by atoms with Crippen LogP contribution < -0.4 is 0 Å². The minimum atomic E-state index is -0.271. The minimum absolute atomic E-state index is 0.0411. The number of piperidine rings is 1. The van der Waals surface area contributed by atoms with Gasteiger partial charge in [0.05, 0.1) is 6.10 Å². The van der Waals surface area contributed by atoms with Crippen LogP contribution in [-0.4, -0.2) is 59.0 Å². The first-order valence-electron chi connectivity index (χ1n) is 9.29. The third kappa shape index (κ3) is 2.88. The van der Waals surface area contributed by atoms with Gasteiger partial charge in [0, 0.05) is 43.9 Å². The summed E-state index contributed by atoms with van der Waals surface area (Å²) in [7, 11) is 0. The van der Waals surface area contributed by atoms with Gasteiger partial charge in [0.1, 0.15) is 0 Å². The Hall–Kier alpha value is -1.10. The average Bonchev–Trinajstić information content (AvgIpc) is 2.75. The largest absolute Gasteiger partial charge is 0.393 e. The number of likely N-dealkylation sites (tertiary alicyclic amines) is 2. The Morgan fingerprint density at radius 1 is 1.22 bits per heavy atom. The fourth-order valence-corrected chi connectivity index (χ4v) is 4.72. The van der Waals surface area contributed by atoms with Gasteiger partial charge in [-0.3, -0.25) is 9.59 Å².